The highest BCUT2D eigenvalue weighted by atomic mass is 16.7. The van der Waals surface area contributed by atoms with Crippen molar-refractivity contribution in [3.05, 3.63) is 41.5 Å². The van der Waals surface area contributed by atoms with Gasteiger partial charge in [0.15, 0.2) is 5.79 Å². The number of benzene rings is 1. The molecule has 2 fully saturated rings. The predicted octanol–water partition coefficient (Wildman–Crippen LogP) is 2.93. The third-order valence-electron chi connectivity index (χ3n) is 4.12. The lowest BCUT2D eigenvalue weighted by molar-refractivity contribution is -0.184. The van der Waals surface area contributed by atoms with Gasteiger partial charge in [0.2, 0.25) is 0 Å². The molecule has 0 amide bonds. The van der Waals surface area contributed by atoms with E-state index in [1.54, 1.807) is 0 Å². The minimum atomic E-state index is -0.256. The second kappa shape index (κ2) is 6.08. The number of piperidine rings is 1. The first-order valence-electron chi connectivity index (χ1n) is 7.48. The molecule has 2 aliphatic rings. The summed E-state index contributed by atoms with van der Waals surface area (Å²) >= 11 is 0. The summed E-state index contributed by atoms with van der Waals surface area (Å²) in [5, 5.41) is 0. The van der Waals surface area contributed by atoms with Crippen molar-refractivity contribution in [1.82, 2.24) is 4.90 Å². The van der Waals surface area contributed by atoms with Crippen molar-refractivity contribution in [2.75, 3.05) is 32.8 Å². The van der Waals surface area contributed by atoms with Crippen LogP contribution in [0, 0.1) is 0 Å². The van der Waals surface area contributed by atoms with Crippen molar-refractivity contribution in [3.8, 4) is 0 Å². The summed E-state index contributed by atoms with van der Waals surface area (Å²) in [6.07, 6.45) is 4.25. The standard InChI is InChI=1S/C17H23NO2/c1-15(13-16-5-3-2-4-6-16)14-18-9-7-17(8-10-18)19-11-12-20-17/h2-6,13H,7-12,14H2,1H3. The third kappa shape index (κ3) is 3.29. The van der Waals surface area contributed by atoms with Crippen LogP contribution in [0.2, 0.25) is 0 Å². The fourth-order valence-electron chi connectivity index (χ4n) is 3.07. The lowest BCUT2D eigenvalue weighted by atomic mass is 10.0. The Morgan fingerprint density at radius 2 is 1.80 bits per heavy atom. The average molecular weight is 273 g/mol. The molecule has 0 aromatic heterocycles. The first-order chi connectivity index (χ1) is 9.76. The molecule has 0 radical (unpaired) electrons. The van der Waals surface area contributed by atoms with Gasteiger partial charge < -0.3 is 9.47 Å². The first-order valence-corrected chi connectivity index (χ1v) is 7.48. The third-order valence-corrected chi connectivity index (χ3v) is 4.12. The summed E-state index contributed by atoms with van der Waals surface area (Å²) in [6, 6.07) is 10.5. The lowest BCUT2D eigenvalue weighted by Crippen LogP contribution is -2.45. The molecule has 2 aliphatic heterocycles. The highest BCUT2D eigenvalue weighted by molar-refractivity contribution is 5.52. The van der Waals surface area contributed by atoms with Crippen molar-refractivity contribution in [3.63, 3.8) is 0 Å². The molecule has 2 heterocycles. The van der Waals surface area contributed by atoms with Crippen LogP contribution >= 0.6 is 0 Å². The largest absolute Gasteiger partial charge is 0.347 e. The molecular weight excluding hydrogens is 250 g/mol. The van der Waals surface area contributed by atoms with Gasteiger partial charge >= 0.3 is 0 Å². The summed E-state index contributed by atoms with van der Waals surface area (Å²) in [4.78, 5) is 2.49. The van der Waals surface area contributed by atoms with Gasteiger partial charge in [0.05, 0.1) is 13.2 Å². The minimum absolute atomic E-state index is 0.256. The molecular formula is C17H23NO2. The predicted molar refractivity (Wildman–Crippen MR) is 80.4 cm³/mol. The zero-order valence-electron chi connectivity index (χ0n) is 12.2. The highest BCUT2D eigenvalue weighted by Crippen LogP contribution is 2.31. The number of hydrogen-bond acceptors (Lipinski definition) is 3. The molecule has 20 heavy (non-hydrogen) atoms. The maximum Gasteiger partial charge on any atom is 0.170 e. The summed E-state index contributed by atoms with van der Waals surface area (Å²) < 4.78 is 11.5. The Bertz CT molecular complexity index is 453. The number of nitrogens with zero attached hydrogens (tertiary/aromatic N) is 1. The molecule has 0 aliphatic carbocycles. The van der Waals surface area contributed by atoms with E-state index >= 15 is 0 Å². The Kier molecular flexibility index (Phi) is 4.20. The summed E-state index contributed by atoms with van der Waals surface area (Å²) in [6.45, 7) is 6.87. The zero-order chi connectivity index (χ0) is 13.8. The van der Waals surface area contributed by atoms with Crippen LogP contribution in [0.3, 0.4) is 0 Å². The van der Waals surface area contributed by atoms with E-state index in [2.05, 4.69) is 48.2 Å². The van der Waals surface area contributed by atoms with Gasteiger partial charge in [0, 0.05) is 32.5 Å². The molecule has 1 aromatic carbocycles. The Morgan fingerprint density at radius 3 is 2.45 bits per heavy atom. The SMILES string of the molecule is CC(=Cc1ccccc1)CN1CCC2(CC1)OCCO2. The molecule has 0 atom stereocenters. The van der Waals surface area contributed by atoms with Gasteiger partial charge in [-0.15, -0.1) is 0 Å². The Hall–Kier alpha value is -1.16. The van der Waals surface area contributed by atoms with E-state index in [0.29, 0.717) is 0 Å². The van der Waals surface area contributed by atoms with E-state index in [0.717, 1.165) is 45.7 Å². The van der Waals surface area contributed by atoms with Crippen LogP contribution in [0.5, 0.6) is 0 Å². The molecule has 1 spiro atoms. The van der Waals surface area contributed by atoms with E-state index in [1.807, 2.05) is 0 Å². The molecule has 0 N–H and O–H groups in total. The zero-order valence-corrected chi connectivity index (χ0v) is 12.2. The van der Waals surface area contributed by atoms with E-state index in [4.69, 9.17) is 9.47 Å². The number of likely N-dealkylation sites (tertiary alicyclic amines) is 1. The van der Waals surface area contributed by atoms with Gasteiger partial charge in [0.25, 0.3) is 0 Å². The molecule has 0 bridgehead atoms. The molecule has 3 nitrogen and oxygen atoms in total. The second-order valence-electron chi connectivity index (χ2n) is 5.79. The van der Waals surface area contributed by atoms with Crippen LogP contribution in [0.25, 0.3) is 6.08 Å². The van der Waals surface area contributed by atoms with Gasteiger partial charge in [-0.3, -0.25) is 4.90 Å². The van der Waals surface area contributed by atoms with Crippen LogP contribution in [-0.4, -0.2) is 43.5 Å². The average Bonchev–Trinajstić information content (AvgIpc) is 2.91. The van der Waals surface area contributed by atoms with Crippen molar-refractivity contribution in [2.24, 2.45) is 0 Å². The Morgan fingerprint density at radius 1 is 1.15 bits per heavy atom. The topological polar surface area (TPSA) is 21.7 Å². The number of ether oxygens (including phenoxy) is 2. The minimum Gasteiger partial charge on any atom is -0.347 e. The van der Waals surface area contributed by atoms with Crippen LogP contribution < -0.4 is 0 Å². The Balaban J connectivity index is 1.53. The molecule has 3 rings (SSSR count). The van der Waals surface area contributed by atoms with Crippen molar-refractivity contribution < 1.29 is 9.47 Å². The lowest BCUT2D eigenvalue weighted by Gasteiger charge is -2.37. The van der Waals surface area contributed by atoms with Crippen molar-refractivity contribution in [1.29, 1.82) is 0 Å². The van der Waals surface area contributed by atoms with Crippen LogP contribution in [-0.2, 0) is 9.47 Å². The molecule has 3 heteroatoms. The fraction of sp³-hybridized carbons (Fsp3) is 0.529. The maximum absolute atomic E-state index is 5.77. The van der Waals surface area contributed by atoms with Gasteiger partial charge in [-0.1, -0.05) is 42.0 Å². The van der Waals surface area contributed by atoms with Crippen LogP contribution in [0.4, 0.5) is 0 Å². The second-order valence-corrected chi connectivity index (χ2v) is 5.79. The Labute approximate surface area is 121 Å². The fourth-order valence-corrected chi connectivity index (χ4v) is 3.07. The number of hydrogen-bond donors (Lipinski definition) is 0. The normalized spacial score (nSPS) is 23.4. The van der Waals surface area contributed by atoms with E-state index < -0.39 is 0 Å². The van der Waals surface area contributed by atoms with Gasteiger partial charge in [-0.05, 0) is 12.5 Å². The summed E-state index contributed by atoms with van der Waals surface area (Å²) in [5.74, 6) is -0.256. The quantitative estimate of drug-likeness (QED) is 0.845. The van der Waals surface area contributed by atoms with Gasteiger partial charge in [0.1, 0.15) is 0 Å². The highest BCUT2D eigenvalue weighted by Gasteiger charge is 2.39. The summed E-state index contributed by atoms with van der Waals surface area (Å²) in [7, 11) is 0. The van der Waals surface area contributed by atoms with E-state index in [9.17, 15) is 0 Å². The molecule has 0 unspecified atom stereocenters. The van der Waals surface area contributed by atoms with E-state index in [-0.39, 0.29) is 5.79 Å². The number of rotatable bonds is 3. The summed E-state index contributed by atoms with van der Waals surface area (Å²) in [5.41, 5.74) is 2.68. The maximum atomic E-state index is 5.77. The smallest absolute Gasteiger partial charge is 0.170 e. The molecule has 0 saturated carbocycles. The van der Waals surface area contributed by atoms with Gasteiger partial charge in [-0.25, -0.2) is 0 Å². The first kappa shape index (κ1) is 13.8. The van der Waals surface area contributed by atoms with Gasteiger partial charge in [-0.2, -0.15) is 0 Å². The van der Waals surface area contributed by atoms with Crippen LogP contribution in [0.15, 0.2) is 35.9 Å². The monoisotopic (exact) mass is 273 g/mol. The molecule has 108 valence electrons. The van der Waals surface area contributed by atoms with E-state index in [1.165, 1.54) is 11.1 Å². The van der Waals surface area contributed by atoms with Crippen molar-refractivity contribution >= 4 is 6.08 Å². The van der Waals surface area contributed by atoms with Crippen molar-refractivity contribution in [2.45, 2.75) is 25.6 Å². The van der Waals surface area contributed by atoms with Crippen LogP contribution in [0.1, 0.15) is 25.3 Å². The molecule has 1 aromatic rings. The molecule has 2 saturated heterocycles.